The third-order valence-electron chi connectivity index (χ3n) is 19.5. The Morgan fingerprint density at radius 2 is 0.613 bits per heavy atom. The maximum Gasteiger partial charge on any atom is 0.410 e. The minimum absolute atomic E-state index is 0. The zero-order chi connectivity index (χ0) is 89.8. The van der Waals surface area contributed by atoms with Crippen molar-refractivity contribution in [1.29, 1.82) is 0 Å². The number of nitrogens with zero attached hydrogens (tertiary/aromatic N) is 6. The van der Waals surface area contributed by atoms with Crippen molar-refractivity contribution in [2.24, 2.45) is 0 Å². The van der Waals surface area contributed by atoms with Crippen LogP contribution in [0.3, 0.4) is 0 Å². The lowest BCUT2D eigenvalue weighted by Crippen LogP contribution is -2.38. The molecule has 124 heavy (non-hydrogen) atoms. The van der Waals surface area contributed by atoms with Crippen LogP contribution in [0.5, 0.6) is 0 Å². The lowest BCUT2D eigenvalue weighted by Gasteiger charge is -2.26. The zero-order valence-electron chi connectivity index (χ0n) is 73.2. The largest absolute Gasteiger partial charge is 0.444 e. The van der Waals surface area contributed by atoms with Gasteiger partial charge in [0.1, 0.15) is 22.4 Å². The molecule has 0 bridgehead atoms. The third-order valence-corrected chi connectivity index (χ3v) is 31.5. The maximum atomic E-state index is 12.5. The van der Waals surface area contributed by atoms with E-state index >= 15 is 0 Å². The summed E-state index contributed by atoms with van der Waals surface area (Å²) in [7, 11) is 6.83. The summed E-state index contributed by atoms with van der Waals surface area (Å²) in [4.78, 5) is 93.0. The first-order valence-corrected chi connectivity index (χ1v) is 50.6. The second-order valence-electron chi connectivity index (χ2n) is 34.0. The molecule has 5 aliphatic rings. The molecule has 0 aliphatic carbocycles. The summed E-state index contributed by atoms with van der Waals surface area (Å²) in [6.45, 7) is 29.3. The van der Waals surface area contributed by atoms with Crippen molar-refractivity contribution >= 4 is 221 Å². The molecule has 0 saturated carbocycles. The summed E-state index contributed by atoms with van der Waals surface area (Å²) in [5.74, 6) is 2.81. The third kappa shape index (κ3) is 32.1. The fourth-order valence-corrected chi connectivity index (χ4v) is 23.6. The molecule has 5 aromatic carbocycles. The monoisotopic (exact) mass is 2000 g/mol. The summed E-state index contributed by atoms with van der Waals surface area (Å²) in [5, 5.41) is 14.3. The number of nitrogens with one attached hydrogen (secondary N) is 1. The van der Waals surface area contributed by atoms with Gasteiger partial charge in [0.2, 0.25) is 0 Å². The first-order valence-electron chi connectivity index (χ1n) is 40.8. The van der Waals surface area contributed by atoms with Gasteiger partial charge in [-0.1, -0.05) is 118 Å². The second kappa shape index (κ2) is 48.4. The first-order chi connectivity index (χ1) is 58.0. The molecule has 1 N–H and O–H groups in total. The van der Waals surface area contributed by atoms with E-state index in [2.05, 4.69) is 76.1 Å². The van der Waals surface area contributed by atoms with Gasteiger partial charge in [0.15, 0.2) is 0 Å². The summed E-state index contributed by atoms with van der Waals surface area (Å²) in [5.41, 5.74) is 9.78. The summed E-state index contributed by atoms with van der Waals surface area (Å²) in [6, 6.07) is 28.4. The molecule has 676 valence electrons. The molecule has 0 spiro atoms. The topological polar surface area (TPSA) is 171 Å². The predicted octanol–water partition coefficient (Wildman–Crippen LogP) is 27.1. The highest BCUT2D eigenvalue weighted by Gasteiger charge is 2.33. The molecule has 0 fully saturated rings. The van der Waals surface area contributed by atoms with Gasteiger partial charge in [-0.15, -0.1) is 81.7 Å². The Kier molecular flexibility index (Phi) is 40.8. The Morgan fingerprint density at radius 1 is 0.347 bits per heavy atom. The SMILES string of the molecule is CC(C)(C)OC(=O)N1CCc2c(Cl)cc(Cl)c(SCc3cccs3)c2CC1.CC(C)(C)OC(=O)N1CCc2ccc(Cl)c(SCc3cccs3)c2CC1.CN(C)C(=O)Sc1c(Cl)cc(Cl)c2c1CCN(C(=O)OC(C)(C)C)CC2.CN(C)C(=O)Sc1c(Cl)ccc2c1CCN(C(=O)OC(C)(C)C)CC2.Cl.Clc1ccc2c(c1SCc1cccs1)CCNCC2. The fraction of sp³-hybridized carbons (Fsp3) is 0.473. The van der Waals surface area contributed by atoms with Gasteiger partial charge in [0.05, 0.1) is 25.1 Å². The second-order valence-corrected chi connectivity index (χ2v) is 44.9. The number of thioether (sulfide) groups is 5. The van der Waals surface area contributed by atoms with Crippen molar-refractivity contribution in [1.82, 2.24) is 34.7 Å². The van der Waals surface area contributed by atoms with E-state index < -0.39 is 22.4 Å². The van der Waals surface area contributed by atoms with Gasteiger partial charge in [0.25, 0.3) is 10.5 Å². The van der Waals surface area contributed by atoms with Gasteiger partial charge in [-0.25, -0.2) is 19.2 Å². The molecular weight excluding hydrogens is 1890 g/mol. The molecule has 5 aliphatic heterocycles. The number of benzene rings is 5. The van der Waals surface area contributed by atoms with Gasteiger partial charge >= 0.3 is 24.4 Å². The van der Waals surface area contributed by atoms with E-state index in [0.29, 0.717) is 103 Å². The number of amides is 6. The van der Waals surface area contributed by atoms with E-state index in [1.807, 2.05) is 135 Å². The highest BCUT2D eigenvalue weighted by atomic mass is 35.5. The highest BCUT2D eigenvalue weighted by molar-refractivity contribution is 8.14. The Morgan fingerprint density at radius 3 is 0.944 bits per heavy atom. The molecule has 0 radical (unpaired) electrons. The van der Waals surface area contributed by atoms with Crippen molar-refractivity contribution in [2.45, 2.75) is 211 Å². The summed E-state index contributed by atoms with van der Waals surface area (Å²) >= 11 is 58.1. The predicted molar refractivity (Wildman–Crippen MR) is 527 cm³/mol. The van der Waals surface area contributed by atoms with E-state index in [1.54, 1.807) is 95.2 Å². The highest BCUT2D eigenvalue weighted by Crippen LogP contribution is 2.45. The number of ether oxygens (including phenoxy) is 4. The van der Waals surface area contributed by atoms with E-state index in [-0.39, 0.29) is 47.3 Å². The maximum absolute atomic E-state index is 12.5. The Balaban J connectivity index is 0.000000193. The normalized spacial score (nSPS) is 14.5. The van der Waals surface area contributed by atoms with Crippen LogP contribution in [-0.2, 0) is 100 Å². The number of rotatable bonds is 11. The Bertz CT molecular complexity index is 4940. The molecule has 33 heteroatoms. The van der Waals surface area contributed by atoms with Crippen LogP contribution in [-0.4, -0.2) is 180 Å². The number of carbonyl (C=O) groups excluding carboxylic acids is 6. The smallest absolute Gasteiger partial charge is 0.410 e. The Labute approximate surface area is 807 Å². The average Bonchev–Trinajstić information content (AvgIpc) is 1.49. The van der Waals surface area contributed by atoms with Crippen molar-refractivity contribution < 1.29 is 47.7 Å². The van der Waals surface area contributed by atoms with E-state index in [0.717, 1.165) is 150 Å². The molecule has 0 unspecified atom stereocenters. The molecule has 8 aromatic rings. The van der Waals surface area contributed by atoms with Crippen LogP contribution < -0.4 is 5.32 Å². The van der Waals surface area contributed by atoms with Gasteiger partial charge in [-0.05, 0) is 304 Å². The van der Waals surface area contributed by atoms with E-state index in [1.165, 1.54) is 57.1 Å². The van der Waals surface area contributed by atoms with E-state index in [4.69, 9.17) is 100 Å². The van der Waals surface area contributed by atoms with Crippen molar-refractivity contribution in [3.05, 3.63) is 206 Å². The minimum atomic E-state index is -0.545. The van der Waals surface area contributed by atoms with Crippen LogP contribution in [0.15, 0.2) is 126 Å². The summed E-state index contributed by atoms with van der Waals surface area (Å²) in [6.07, 6.45) is 6.64. The van der Waals surface area contributed by atoms with Gasteiger partial charge in [-0.2, -0.15) is 0 Å². The van der Waals surface area contributed by atoms with Crippen LogP contribution in [0.25, 0.3) is 0 Å². The first kappa shape index (κ1) is 105. The van der Waals surface area contributed by atoms with Crippen LogP contribution in [0.1, 0.15) is 153 Å². The van der Waals surface area contributed by atoms with E-state index in [9.17, 15) is 28.8 Å². The van der Waals surface area contributed by atoms with Gasteiger partial charge in [-0.3, -0.25) is 9.59 Å². The van der Waals surface area contributed by atoms with Gasteiger partial charge < -0.3 is 53.7 Å². The number of hydrogen-bond donors (Lipinski definition) is 1. The quantitative estimate of drug-likeness (QED) is 0.0957. The average molecular weight is 2010 g/mol. The number of thiophene rings is 3. The molecule has 0 atom stereocenters. The lowest BCUT2D eigenvalue weighted by molar-refractivity contribution is 0.0247. The van der Waals surface area contributed by atoms with Gasteiger partial charge in [0, 0.05) is 147 Å². The van der Waals surface area contributed by atoms with Crippen LogP contribution in [0.4, 0.5) is 28.8 Å². The molecule has 0 saturated heterocycles. The fourth-order valence-electron chi connectivity index (χ4n) is 13.6. The van der Waals surface area contributed by atoms with Crippen molar-refractivity contribution in [3.8, 4) is 0 Å². The van der Waals surface area contributed by atoms with Crippen LogP contribution >= 0.6 is 186 Å². The minimum Gasteiger partial charge on any atom is -0.444 e. The number of fused-ring (bicyclic) bond motifs is 5. The zero-order valence-corrected chi connectivity index (χ0v) is 85.8. The molecule has 8 heterocycles. The molecule has 6 amide bonds. The standard InChI is InChI=1S/C20H23Cl2NO2S2.C20H24ClNO2S2.C18H24Cl2N2O3S.C18H25ClN2O3S.C15H16ClNS2.ClH/c1-20(2,3)25-19(24)23-8-6-14-15(7-9-23)18(17(22)11-16(14)21)27-12-13-5-4-10-26-13;1-20(2,3)24-19(23)22-10-8-14-6-7-17(21)18(16(14)9-11-22)26-13-15-5-4-12-25-15;1-18(2,3)25-16(23)22-8-6-11-12(7-9-22)15(14(20)10-13(11)19)26-17(24)21(4)5;1-18(2,3)24-16(22)21-10-8-12-6-7-14(19)15(13(12)9-11-21)25-17(23)20(4)5;16-14-4-3-11-5-7-17-8-6-13(11)15(14)19-10-12-2-1-9-18-12;/h4-5,10-11H,6-9,12H2,1-3H3;4-7,12H,8-11,13H2,1-3H3;10H,6-9H2,1-5H3;6-7H,8-11H2,1-5H3;1-4,9,17H,5-8,10H2;1H. The van der Waals surface area contributed by atoms with Crippen molar-refractivity contribution in [3.63, 3.8) is 0 Å². The Hall–Kier alpha value is -4.75. The molecule has 3 aromatic heterocycles. The molecule has 17 nitrogen and oxygen atoms in total. The number of hydrogen-bond acceptors (Lipinski definition) is 19. The summed E-state index contributed by atoms with van der Waals surface area (Å²) < 4.78 is 22.0. The lowest BCUT2D eigenvalue weighted by atomic mass is 10.0. The van der Waals surface area contributed by atoms with Crippen LogP contribution in [0.2, 0.25) is 35.2 Å². The number of carbonyl (C=O) groups is 6. The number of halogens is 8. The van der Waals surface area contributed by atoms with Crippen LogP contribution in [0, 0.1) is 0 Å². The van der Waals surface area contributed by atoms with Crippen molar-refractivity contribution in [2.75, 3.05) is 93.6 Å². The molecule has 13 rings (SSSR count). The molecular formula is C91H113Cl8N7O10S8.